The second-order valence-corrected chi connectivity index (χ2v) is 5.54. The van der Waals surface area contributed by atoms with Crippen molar-refractivity contribution in [2.75, 3.05) is 5.32 Å². The Morgan fingerprint density at radius 3 is 2.84 bits per heavy atom. The Hall–Kier alpha value is -2.21. The highest BCUT2D eigenvalue weighted by Gasteiger charge is 2.11. The summed E-state index contributed by atoms with van der Waals surface area (Å²) in [6, 6.07) is 7.86. The van der Waals surface area contributed by atoms with Crippen molar-refractivity contribution in [2.45, 2.75) is 13.8 Å². The predicted molar refractivity (Wildman–Crippen MR) is 75.6 cm³/mol. The number of amides is 1. The van der Waals surface area contributed by atoms with Gasteiger partial charge in [0.05, 0.1) is 0 Å². The van der Waals surface area contributed by atoms with Crippen molar-refractivity contribution in [3.8, 4) is 0 Å². The lowest BCUT2D eigenvalue weighted by molar-refractivity contribution is 0.102. The number of nitrogens with one attached hydrogen (secondary N) is 2. The molecule has 3 aromatic rings. The van der Waals surface area contributed by atoms with Gasteiger partial charge in [0.1, 0.15) is 10.7 Å². The quantitative estimate of drug-likeness (QED) is 0.753. The van der Waals surface area contributed by atoms with Crippen LogP contribution in [0.4, 0.5) is 5.13 Å². The number of benzene rings is 1. The van der Waals surface area contributed by atoms with E-state index in [1.165, 1.54) is 11.3 Å². The number of nitrogens with zero attached hydrogens (tertiary/aromatic N) is 2. The van der Waals surface area contributed by atoms with E-state index in [9.17, 15) is 4.79 Å². The summed E-state index contributed by atoms with van der Waals surface area (Å²) in [4.78, 5) is 15.2. The van der Waals surface area contributed by atoms with E-state index >= 15 is 0 Å². The van der Waals surface area contributed by atoms with E-state index in [2.05, 4.69) is 20.5 Å². The van der Waals surface area contributed by atoms with Gasteiger partial charge in [0, 0.05) is 10.9 Å². The van der Waals surface area contributed by atoms with Crippen LogP contribution in [-0.4, -0.2) is 21.1 Å². The van der Waals surface area contributed by atoms with Crippen molar-refractivity contribution in [3.63, 3.8) is 0 Å². The molecule has 0 radical (unpaired) electrons. The van der Waals surface area contributed by atoms with Crippen molar-refractivity contribution in [3.05, 3.63) is 40.5 Å². The maximum Gasteiger partial charge on any atom is 0.273 e. The van der Waals surface area contributed by atoms with Gasteiger partial charge in [-0.2, -0.15) is 0 Å². The van der Waals surface area contributed by atoms with Gasteiger partial charge >= 0.3 is 0 Å². The van der Waals surface area contributed by atoms with Crippen LogP contribution in [0, 0.1) is 13.8 Å². The molecular weight excluding hydrogens is 260 g/mol. The van der Waals surface area contributed by atoms with Crippen molar-refractivity contribution in [2.24, 2.45) is 0 Å². The monoisotopic (exact) mass is 272 g/mol. The normalized spacial score (nSPS) is 10.8. The fourth-order valence-electron chi connectivity index (χ4n) is 1.87. The fraction of sp³-hybridized carbons (Fsp3) is 0.154. The minimum absolute atomic E-state index is 0.204. The summed E-state index contributed by atoms with van der Waals surface area (Å²) in [6.07, 6.45) is 0. The van der Waals surface area contributed by atoms with E-state index in [0.717, 1.165) is 21.5 Å². The molecule has 0 unspecified atom stereocenters. The number of fused-ring (bicyclic) bond motifs is 1. The lowest BCUT2D eigenvalue weighted by atomic mass is 10.2. The molecule has 2 aromatic heterocycles. The molecule has 3 rings (SSSR count). The number of aromatic nitrogens is 3. The third-order valence-corrected chi connectivity index (χ3v) is 3.52. The Kier molecular flexibility index (Phi) is 2.79. The van der Waals surface area contributed by atoms with E-state index < -0.39 is 0 Å². The molecule has 0 bridgehead atoms. The highest BCUT2D eigenvalue weighted by atomic mass is 32.1. The van der Waals surface area contributed by atoms with Crippen LogP contribution in [0.1, 0.15) is 21.1 Å². The van der Waals surface area contributed by atoms with Crippen LogP contribution in [0.5, 0.6) is 0 Å². The number of hydrogen-bond donors (Lipinski definition) is 2. The SMILES string of the molecule is Cc1ccc2cc(C(=O)Nc3nnc(C)s3)[nH]c2c1. The van der Waals surface area contributed by atoms with E-state index in [0.29, 0.717) is 10.8 Å². The van der Waals surface area contributed by atoms with Crippen molar-refractivity contribution in [1.82, 2.24) is 15.2 Å². The molecule has 0 aliphatic heterocycles. The zero-order valence-electron chi connectivity index (χ0n) is 10.5. The van der Waals surface area contributed by atoms with E-state index in [1.807, 2.05) is 38.1 Å². The van der Waals surface area contributed by atoms with E-state index in [-0.39, 0.29) is 5.91 Å². The number of carbonyl (C=O) groups is 1. The third kappa shape index (κ3) is 2.34. The van der Waals surface area contributed by atoms with Crippen LogP contribution in [0.3, 0.4) is 0 Å². The van der Waals surface area contributed by atoms with Crippen LogP contribution >= 0.6 is 11.3 Å². The van der Waals surface area contributed by atoms with Gasteiger partial charge in [0.15, 0.2) is 0 Å². The van der Waals surface area contributed by atoms with Gasteiger partial charge in [-0.05, 0) is 31.5 Å². The second-order valence-electron chi connectivity index (χ2n) is 4.35. The first-order valence-corrected chi connectivity index (χ1v) is 6.64. The summed E-state index contributed by atoms with van der Waals surface area (Å²) in [5.41, 5.74) is 2.63. The average molecular weight is 272 g/mol. The molecule has 0 atom stereocenters. The summed E-state index contributed by atoms with van der Waals surface area (Å²) < 4.78 is 0. The number of hydrogen-bond acceptors (Lipinski definition) is 4. The number of rotatable bonds is 2. The van der Waals surface area contributed by atoms with Crippen LogP contribution in [0.15, 0.2) is 24.3 Å². The van der Waals surface area contributed by atoms with Gasteiger partial charge < -0.3 is 4.98 Å². The molecule has 0 fully saturated rings. The number of H-pyrrole nitrogens is 1. The standard InChI is InChI=1S/C13H12N4OS/c1-7-3-4-9-6-11(14-10(9)5-7)12(18)15-13-17-16-8(2)19-13/h3-6,14H,1-2H3,(H,15,17,18). The zero-order chi connectivity index (χ0) is 13.4. The Bertz CT molecular complexity index is 759. The van der Waals surface area contributed by atoms with Crippen molar-refractivity contribution < 1.29 is 4.79 Å². The highest BCUT2D eigenvalue weighted by Crippen LogP contribution is 2.19. The summed E-state index contributed by atoms with van der Waals surface area (Å²) in [5, 5.41) is 12.8. The fourth-order valence-corrected chi connectivity index (χ4v) is 2.46. The molecule has 0 saturated carbocycles. The van der Waals surface area contributed by atoms with Crippen LogP contribution in [-0.2, 0) is 0 Å². The summed E-state index contributed by atoms with van der Waals surface area (Å²) >= 11 is 1.35. The first-order valence-electron chi connectivity index (χ1n) is 5.82. The average Bonchev–Trinajstić information content (AvgIpc) is 2.95. The van der Waals surface area contributed by atoms with Gasteiger partial charge in [-0.25, -0.2) is 0 Å². The highest BCUT2D eigenvalue weighted by molar-refractivity contribution is 7.15. The summed E-state index contributed by atoms with van der Waals surface area (Å²) in [7, 11) is 0. The van der Waals surface area contributed by atoms with Gasteiger partial charge in [0.2, 0.25) is 5.13 Å². The lowest BCUT2D eigenvalue weighted by Crippen LogP contribution is -2.11. The van der Waals surface area contributed by atoms with Crippen molar-refractivity contribution >= 4 is 33.3 Å². The molecule has 5 nitrogen and oxygen atoms in total. The maximum atomic E-state index is 12.1. The first kappa shape index (κ1) is 11.9. The number of aromatic amines is 1. The molecule has 2 N–H and O–H groups in total. The molecule has 19 heavy (non-hydrogen) atoms. The second kappa shape index (κ2) is 4.47. The molecule has 2 heterocycles. The molecule has 0 spiro atoms. The van der Waals surface area contributed by atoms with Gasteiger partial charge in [-0.15, -0.1) is 10.2 Å². The first-order chi connectivity index (χ1) is 9.11. The molecular formula is C13H12N4OS. The van der Waals surface area contributed by atoms with Crippen LogP contribution in [0.25, 0.3) is 10.9 Å². The predicted octanol–water partition coefficient (Wildman–Crippen LogP) is 2.89. The van der Waals surface area contributed by atoms with Crippen LogP contribution in [0.2, 0.25) is 0 Å². The Morgan fingerprint density at radius 2 is 2.11 bits per heavy atom. The third-order valence-electron chi connectivity index (χ3n) is 2.77. The molecule has 1 amide bonds. The maximum absolute atomic E-state index is 12.1. The Labute approximate surface area is 113 Å². The number of aryl methyl sites for hydroxylation is 2. The molecule has 0 aliphatic carbocycles. The molecule has 0 aliphatic rings. The molecule has 6 heteroatoms. The summed E-state index contributed by atoms with van der Waals surface area (Å²) in [5.74, 6) is -0.204. The minimum Gasteiger partial charge on any atom is -0.351 e. The minimum atomic E-state index is -0.204. The van der Waals surface area contributed by atoms with Crippen molar-refractivity contribution in [1.29, 1.82) is 0 Å². The lowest BCUT2D eigenvalue weighted by Gasteiger charge is -1.96. The topological polar surface area (TPSA) is 70.7 Å². The molecule has 1 aromatic carbocycles. The van der Waals surface area contributed by atoms with E-state index in [4.69, 9.17) is 0 Å². The molecule has 96 valence electrons. The smallest absolute Gasteiger partial charge is 0.273 e. The van der Waals surface area contributed by atoms with Gasteiger partial charge in [-0.3, -0.25) is 10.1 Å². The summed E-state index contributed by atoms with van der Waals surface area (Å²) in [6.45, 7) is 3.86. The van der Waals surface area contributed by atoms with E-state index in [1.54, 1.807) is 0 Å². The Morgan fingerprint density at radius 1 is 1.26 bits per heavy atom. The number of carbonyl (C=O) groups excluding carboxylic acids is 1. The van der Waals surface area contributed by atoms with Crippen LogP contribution < -0.4 is 5.32 Å². The van der Waals surface area contributed by atoms with Gasteiger partial charge in [0.25, 0.3) is 5.91 Å². The van der Waals surface area contributed by atoms with Gasteiger partial charge in [-0.1, -0.05) is 23.5 Å². The largest absolute Gasteiger partial charge is 0.351 e. The Balaban J connectivity index is 1.89. The molecule has 0 saturated heterocycles. The zero-order valence-corrected chi connectivity index (χ0v) is 11.3. The number of anilines is 1.